The van der Waals surface area contributed by atoms with Crippen molar-refractivity contribution in [3.05, 3.63) is 21.7 Å². The second-order valence-electron chi connectivity index (χ2n) is 6.46. The first-order valence-corrected chi connectivity index (χ1v) is 9.05. The molecule has 0 atom stereocenters. The number of ether oxygens (including phenoxy) is 1. The number of nitrogens with zero attached hydrogens (tertiary/aromatic N) is 2. The highest BCUT2D eigenvalue weighted by Gasteiger charge is 2.25. The first-order chi connectivity index (χ1) is 11.4. The molecule has 1 fully saturated rings. The fourth-order valence-corrected chi connectivity index (χ4v) is 4.19. The maximum atomic E-state index is 12.0. The van der Waals surface area contributed by atoms with E-state index in [-0.39, 0.29) is 5.97 Å². The van der Waals surface area contributed by atoms with Gasteiger partial charge in [-0.25, -0.2) is 9.78 Å². The third kappa shape index (κ3) is 2.93. The summed E-state index contributed by atoms with van der Waals surface area (Å²) in [4.78, 5) is 25.3. The molecule has 0 aliphatic carbocycles. The number of methoxy groups -OCH3 is 1. The van der Waals surface area contributed by atoms with Gasteiger partial charge in [0.2, 0.25) is 0 Å². The topological polar surface area (TPSA) is 62.7 Å². The zero-order valence-electron chi connectivity index (χ0n) is 14.9. The molecular weight excluding hydrogens is 324 g/mol. The number of quaternary nitrogens is 1. The molecule has 6 nitrogen and oxygen atoms in total. The first-order valence-electron chi connectivity index (χ1n) is 8.24. The lowest BCUT2D eigenvalue weighted by molar-refractivity contribution is -0.880. The molecule has 2 aromatic heterocycles. The Bertz CT molecular complexity index is 757. The van der Waals surface area contributed by atoms with Gasteiger partial charge in [0.1, 0.15) is 5.69 Å². The maximum absolute atomic E-state index is 12.0. The Hall–Kier alpha value is -1.86. The summed E-state index contributed by atoms with van der Waals surface area (Å²) < 4.78 is 4.90. The zero-order valence-corrected chi connectivity index (χ0v) is 15.8. The number of nitrogens with one attached hydrogen (secondary N) is 2. The average Bonchev–Trinajstić information content (AvgIpc) is 3.07. The Morgan fingerprint density at radius 1 is 1.29 bits per heavy atom. The molecule has 1 aliphatic heterocycles. The van der Waals surface area contributed by atoms with Gasteiger partial charge >= 0.3 is 5.97 Å². The normalized spacial score (nSPS) is 15.8. The van der Waals surface area contributed by atoms with Gasteiger partial charge in [-0.3, -0.25) is 0 Å². The number of aromatic amines is 1. The Morgan fingerprint density at radius 2 is 1.96 bits per heavy atom. The van der Waals surface area contributed by atoms with Crippen molar-refractivity contribution in [2.24, 2.45) is 0 Å². The molecule has 1 saturated heterocycles. The van der Waals surface area contributed by atoms with Gasteiger partial charge < -0.3 is 19.5 Å². The number of hydrogen-bond acceptors (Lipinski definition) is 5. The lowest BCUT2D eigenvalue weighted by Gasteiger charge is -2.29. The number of rotatable bonds is 3. The van der Waals surface area contributed by atoms with Gasteiger partial charge in [-0.05, 0) is 26.3 Å². The number of esters is 1. The summed E-state index contributed by atoms with van der Waals surface area (Å²) in [5.41, 5.74) is 4.21. The quantitative estimate of drug-likeness (QED) is 0.817. The number of aryl methyl sites for hydroxylation is 2. The van der Waals surface area contributed by atoms with Crippen LogP contribution in [0.3, 0.4) is 0 Å². The Morgan fingerprint density at radius 3 is 2.58 bits per heavy atom. The SMILES string of the molecule is COC(=O)c1c(C)[nH]c(-c2nc(N3CC[NH+](C)CC3)sc2C)c1C. The highest BCUT2D eigenvalue weighted by molar-refractivity contribution is 7.16. The van der Waals surface area contributed by atoms with Crippen LogP contribution in [0, 0.1) is 20.8 Å². The predicted molar refractivity (Wildman–Crippen MR) is 96.3 cm³/mol. The second kappa shape index (κ2) is 6.57. The minimum atomic E-state index is -0.303. The van der Waals surface area contributed by atoms with E-state index in [0.717, 1.165) is 58.8 Å². The number of H-pyrrole nitrogens is 1. The third-order valence-electron chi connectivity index (χ3n) is 4.74. The van der Waals surface area contributed by atoms with Crippen LogP contribution in [0.1, 0.15) is 26.5 Å². The fraction of sp³-hybridized carbons (Fsp3) is 0.529. The van der Waals surface area contributed by atoms with Crippen LogP contribution in [0.5, 0.6) is 0 Å². The summed E-state index contributed by atoms with van der Waals surface area (Å²) in [7, 11) is 3.64. The van der Waals surface area contributed by atoms with Crippen molar-refractivity contribution in [1.82, 2.24) is 9.97 Å². The summed E-state index contributed by atoms with van der Waals surface area (Å²) in [6.45, 7) is 10.3. The Kier molecular flexibility index (Phi) is 4.64. The molecule has 0 unspecified atom stereocenters. The van der Waals surface area contributed by atoms with Gasteiger partial charge in [0.25, 0.3) is 0 Å². The Labute approximate surface area is 146 Å². The summed E-state index contributed by atoms with van der Waals surface area (Å²) in [6.07, 6.45) is 0. The van der Waals surface area contributed by atoms with Gasteiger partial charge in [-0.15, -0.1) is 11.3 Å². The molecule has 2 aromatic rings. The number of aromatic nitrogens is 2. The molecule has 0 spiro atoms. The van der Waals surface area contributed by atoms with Crippen molar-refractivity contribution in [3.8, 4) is 11.4 Å². The molecule has 0 radical (unpaired) electrons. The van der Waals surface area contributed by atoms with E-state index in [2.05, 4.69) is 23.9 Å². The van der Waals surface area contributed by atoms with E-state index < -0.39 is 0 Å². The van der Waals surface area contributed by atoms with Gasteiger partial charge in [0.05, 0.1) is 51.6 Å². The zero-order chi connectivity index (χ0) is 17.4. The van der Waals surface area contributed by atoms with Crippen molar-refractivity contribution < 1.29 is 14.4 Å². The molecule has 1 aliphatic rings. The lowest BCUT2D eigenvalue weighted by atomic mass is 10.1. The molecule has 3 rings (SSSR count). The van der Waals surface area contributed by atoms with Crippen LogP contribution in [0.2, 0.25) is 0 Å². The average molecular weight is 349 g/mol. The number of likely N-dealkylation sites (N-methyl/N-ethyl adjacent to an activating group) is 1. The minimum Gasteiger partial charge on any atom is -0.465 e. The minimum absolute atomic E-state index is 0.303. The predicted octanol–water partition coefficient (Wildman–Crippen LogP) is 1.18. The molecule has 24 heavy (non-hydrogen) atoms. The maximum Gasteiger partial charge on any atom is 0.339 e. The number of carbonyl (C=O) groups excluding carboxylic acids is 1. The molecule has 3 heterocycles. The number of carbonyl (C=O) groups is 1. The van der Waals surface area contributed by atoms with Crippen LogP contribution >= 0.6 is 11.3 Å². The van der Waals surface area contributed by atoms with E-state index in [9.17, 15) is 4.79 Å². The second-order valence-corrected chi connectivity index (χ2v) is 7.64. The van der Waals surface area contributed by atoms with Crippen molar-refractivity contribution >= 4 is 22.4 Å². The van der Waals surface area contributed by atoms with Crippen molar-refractivity contribution in [3.63, 3.8) is 0 Å². The summed E-state index contributed by atoms with van der Waals surface area (Å²) in [5, 5.41) is 1.07. The van der Waals surface area contributed by atoms with Crippen LogP contribution in [-0.4, -0.2) is 56.3 Å². The van der Waals surface area contributed by atoms with E-state index in [0.29, 0.717) is 5.56 Å². The molecule has 0 bridgehead atoms. The Balaban J connectivity index is 1.95. The van der Waals surface area contributed by atoms with Crippen molar-refractivity contribution in [1.29, 1.82) is 0 Å². The van der Waals surface area contributed by atoms with Crippen LogP contribution in [0.15, 0.2) is 0 Å². The van der Waals surface area contributed by atoms with Gasteiger partial charge in [0, 0.05) is 10.6 Å². The number of anilines is 1. The van der Waals surface area contributed by atoms with Crippen LogP contribution in [0.25, 0.3) is 11.4 Å². The van der Waals surface area contributed by atoms with Crippen LogP contribution in [0.4, 0.5) is 5.13 Å². The molecule has 0 aromatic carbocycles. The van der Waals surface area contributed by atoms with E-state index in [1.807, 2.05) is 13.8 Å². The molecule has 0 saturated carbocycles. The van der Waals surface area contributed by atoms with Crippen molar-refractivity contribution in [2.45, 2.75) is 20.8 Å². The molecular formula is C17H25N4O2S+. The smallest absolute Gasteiger partial charge is 0.339 e. The molecule has 2 N–H and O–H groups in total. The third-order valence-corrected chi connectivity index (χ3v) is 5.77. The standard InChI is InChI=1S/C17H24N4O2S/c1-10-13(16(22)23-5)11(2)18-14(10)15-12(3)24-17(19-15)21-8-6-20(4)7-9-21/h18H,6-9H2,1-5H3/p+1. The highest BCUT2D eigenvalue weighted by atomic mass is 32.1. The van der Waals surface area contributed by atoms with E-state index in [4.69, 9.17) is 9.72 Å². The van der Waals surface area contributed by atoms with E-state index in [1.165, 1.54) is 7.11 Å². The van der Waals surface area contributed by atoms with Gasteiger partial charge in [-0.1, -0.05) is 0 Å². The van der Waals surface area contributed by atoms with Gasteiger partial charge in [0.15, 0.2) is 5.13 Å². The van der Waals surface area contributed by atoms with Crippen LogP contribution in [-0.2, 0) is 4.74 Å². The summed E-state index contributed by atoms with van der Waals surface area (Å²) in [5.74, 6) is -0.303. The molecule has 0 amide bonds. The number of piperazine rings is 1. The first kappa shape index (κ1) is 17.0. The largest absolute Gasteiger partial charge is 0.465 e. The monoisotopic (exact) mass is 349 g/mol. The van der Waals surface area contributed by atoms with Gasteiger partial charge in [-0.2, -0.15) is 0 Å². The van der Waals surface area contributed by atoms with Crippen LogP contribution < -0.4 is 9.80 Å². The summed E-state index contributed by atoms with van der Waals surface area (Å²) in [6, 6.07) is 0. The highest BCUT2D eigenvalue weighted by Crippen LogP contribution is 2.35. The number of thiazole rings is 1. The summed E-state index contributed by atoms with van der Waals surface area (Å²) >= 11 is 1.72. The molecule has 130 valence electrons. The molecule has 7 heteroatoms. The fourth-order valence-electron chi connectivity index (χ4n) is 3.22. The van der Waals surface area contributed by atoms with Crippen molar-refractivity contribution in [2.75, 3.05) is 45.2 Å². The lowest BCUT2D eigenvalue weighted by Crippen LogP contribution is -3.12. The van der Waals surface area contributed by atoms with E-state index >= 15 is 0 Å². The van der Waals surface area contributed by atoms with E-state index in [1.54, 1.807) is 16.2 Å². The number of hydrogen-bond donors (Lipinski definition) is 2.